The van der Waals surface area contributed by atoms with Crippen LogP contribution in [0.2, 0.25) is 5.02 Å². The lowest BCUT2D eigenvalue weighted by atomic mass is 10.1. The minimum Gasteiger partial charge on any atom is -0.322 e. The van der Waals surface area contributed by atoms with Gasteiger partial charge in [0.05, 0.1) is 5.69 Å². The molecule has 0 atom stereocenters. The number of carbonyl (C=O) groups is 1. The second-order valence-corrected chi connectivity index (χ2v) is 6.88. The molecule has 0 radical (unpaired) electrons. The summed E-state index contributed by atoms with van der Waals surface area (Å²) in [4.78, 5) is 14.1. The van der Waals surface area contributed by atoms with Crippen molar-refractivity contribution < 1.29 is 4.79 Å². The molecule has 0 saturated carbocycles. The largest absolute Gasteiger partial charge is 0.322 e. The average Bonchev–Trinajstić information content (AvgIpc) is 3.05. The molecule has 5 nitrogen and oxygen atoms in total. The van der Waals surface area contributed by atoms with Gasteiger partial charge in [0.15, 0.2) is 0 Å². The molecule has 6 heteroatoms. The number of amides is 1. The predicted molar refractivity (Wildman–Crippen MR) is 108 cm³/mol. The van der Waals surface area contributed by atoms with Crippen molar-refractivity contribution in [2.45, 2.75) is 13.8 Å². The van der Waals surface area contributed by atoms with E-state index in [1.54, 1.807) is 29.1 Å². The molecule has 1 N–H and O–H groups in total. The van der Waals surface area contributed by atoms with E-state index in [1.807, 2.05) is 50.2 Å². The van der Waals surface area contributed by atoms with Crippen LogP contribution in [0.25, 0.3) is 16.7 Å². The first-order valence-corrected chi connectivity index (χ1v) is 8.89. The van der Waals surface area contributed by atoms with Gasteiger partial charge in [0.1, 0.15) is 11.0 Å². The summed E-state index contributed by atoms with van der Waals surface area (Å²) >= 11 is 5.97. The minimum absolute atomic E-state index is 0.217. The second kappa shape index (κ2) is 6.85. The number of nitrogens with zero attached hydrogens (tertiary/aromatic N) is 3. The Morgan fingerprint density at radius 3 is 2.37 bits per heavy atom. The normalized spacial score (nSPS) is 10.9. The van der Waals surface area contributed by atoms with E-state index >= 15 is 0 Å². The molecule has 0 aliphatic rings. The van der Waals surface area contributed by atoms with Crippen molar-refractivity contribution in [3.05, 3.63) is 82.4 Å². The van der Waals surface area contributed by atoms with Crippen LogP contribution >= 0.6 is 11.6 Å². The Balaban J connectivity index is 1.67. The molecule has 134 valence electrons. The third kappa shape index (κ3) is 3.55. The Labute approximate surface area is 161 Å². The summed E-state index contributed by atoms with van der Waals surface area (Å²) < 4.78 is 0. The topological polar surface area (TPSA) is 59.8 Å². The maximum absolute atomic E-state index is 12.5. The number of nitrogens with one attached hydrogen (secondary N) is 1. The van der Waals surface area contributed by atoms with Crippen LogP contribution in [0, 0.1) is 13.8 Å². The molecule has 0 saturated heterocycles. The number of anilines is 1. The van der Waals surface area contributed by atoms with Crippen molar-refractivity contribution >= 4 is 34.2 Å². The van der Waals surface area contributed by atoms with Crippen molar-refractivity contribution in [3.8, 4) is 5.69 Å². The fourth-order valence-electron chi connectivity index (χ4n) is 2.82. The Morgan fingerprint density at radius 1 is 0.963 bits per heavy atom. The Bertz CT molecular complexity index is 1150. The number of hydrogen-bond donors (Lipinski definition) is 1. The molecule has 0 spiro atoms. The van der Waals surface area contributed by atoms with Crippen LogP contribution in [-0.2, 0) is 0 Å². The quantitative estimate of drug-likeness (QED) is 0.550. The standard InChI is InChI=1S/C21H17ClN4O/c1-13-6-8-17(9-7-13)26-24-19-10-14(2)18(12-20(19)25-26)23-21(27)15-4-3-5-16(22)11-15/h3-12H,1-2H3,(H,23,27). The van der Waals surface area contributed by atoms with Crippen LogP contribution in [0.3, 0.4) is 0 Å². The van der Waals surface area contributed by atoms with Gasteiger partial charge in [-0.25, -0.2) is 0 Å². The van der Waals surface area contributed by atoms with Gasteiger partial charge in [0, 0.05) is 16.3 Å². The van der Waals surface area contributed by atoms with Crippen molar-refractivity contribution in [2.75, 3.05) is 5.32 Å². The molecule has 3 aromatic carbocycles. The van der Waals surface area contributed by atoms with Gasteiger partial charge in [0.25, 0.3) is 5.91 Å². The first-order valence-electron chi connectivity index (χ1n) is 8.51. The number of hydrogen-bond acceptors (Lipinski definition) is 3. The summed E-state index contributed by atoms with van der Waals surface area (Å²) in [5.74, 6) is -0.217. The SMILES string of the molecule is Cc1ccc(-n2nc3cc(C)c(NC(=O)c4cccc(Cl)c4)cc3n2)cc1. The lowest BCUT2D eigenvalue weighted by Gasteiger charge is -2.08. The van der Waals surface area contributed by atoms with Crippen molar-refractivity contribution in [1.82, 2.24) is 15.0 Å². The number of rotatable bonds is 3. The van der Waals surface area contributed by atoms with Crippen molar-refractivity contribution in [2.24, 2.45) is 0 Å². The molecule has 0 aliphatic carbocycles. The predicted octanol–water partition coefficient (Wildman–Crippen LogP) is 4.94. The highest BCUT2D eigenvalue weighted by Gasteiger charge is 2.12. The molecular weight excluding hydrogens is 360 g/mol. The Kier molecular flexibility index (Phi) is 4.38. The highest BCUT2D eigenvalue weighted by Crippen LogP contribution is 2.23. The van der Waals surface area contributed by atoms with Gasteiger partial charge < -0.3 is 5.32 Å². The first-order chi connectivity index (χ1) is 13.0. The molecule has 27 heavy (non-hydrogen) atoms. The fraction of sp³-hybridized carbons (Fsp3) is 0.0952. The molecule has 0 fully saturated rings. The zero-order valence-corrected chi connectivity index (χ0v) is 15.7. The lowest BCUT2D eigenvalue weighted by molar-refractivity contribution is 0.102. The van der Waals surface area contributed by atoms with Crippen LogP contribution in [0.5, 0.6) is 0 Å². The lowest BCUT2D eigenvalue weighted by Crippen LogP contribution is -2.12. The Hall–Kier alpha value is -3.18. The molecule has 1 aromatic heterocycles. The monoisotopic (exact) mass is 376 g/mol. The van der Waals surface area contributed by atoms with Gasteiger partial charge in [-0.05, 0) is 61.9 Å². The summed E-state index contributed by atoms with van der Waals surface area (Å²) in [7, 11) is 0. The third-order valence-corrected chi connectivity index (χ3v) is 4.56. The zero-order valence-electron chi connectivity index (χ0n) is 14.9. The van der Waals surface area contributed by atoms with E-state index in [2.05, 4.69) is 15.5 Å². The van der Waals surface area contributed by atoms with E-state index in [-0.39, 0.29) is 5.91 Å². The summed E-state index contributed by atoms with van der Waals surface area (Å²) in [5.41, 5.74) is 5.66. The van der Waals surface area contributed by atoms with E-state index in [4.69, 9.17) is 11.6 Å². The molecule has 1 heterocycles. The van der Waals surface area contributed by atoms with Crippen LogP contribution < -0.4 is 5.32 Å². The molecule has 1 amide bonds. The molecule has 0 aliphatic heterocycles. The number of benzene rings is 3. The van der Waals surface area contributed by atoms with Gasteiger partial charge in [-0.2, -0.15) is 4.80 Å². The van der Waals surface area contributed by atoms with E-state index in [1.165, 1.54) is 5.56 Å². The maximum Gasteiger partial charge on any atom is 0.255 e. The summed E-state index contributed by atoms with van der Waals surface area (Å²) in [6, 6.07) is 18.6. The van der Waals surface area contributed by atoms with E-state index < -0.39 is 0 Å². The summed E-state index contributed by atoms with van der Waals surface area (Å²) in [6.45, 7) is 3.97. The van der Waals surface area contributed by atoms with E-state index in [0.717, 1.165) is 16.8 Å². The van der Waals surface area contributed by atoms with E-state index in [9.17, 15) is 4.79 Å². The van der Waals surface area contributed by atoms with Gasteiger partial charge in [-0.1, -0.05) is 35.4 Å². The number of aromatic nitrogens is 3. The van der Waals surface area contributed by atoms with Crippen LogP contribution in [-0.4, -0.2) is 20.9 Å². The molecular formula is C21H17ClN4O. The van der Waals surface area contributed by atoms with Gasteiger partial charge in [0.2, 0.25) is 0 Å². The molecule has 0 unspecified atom stereocenters. The Morgan fingerprint density at radius 2 is 1.67 bits per heavy atom. The maximum atomic E-state index is 12.5. The minimum atomic E-state index is -0.217. The van der Waals surface area contributed by atoms with Gasteiger partial charge in [-0.15, -0.1) is 10.2 Å². The zero-order chi connectivity index (χ0) is 19.0. The number of fused-ring (bicyclic) bond motifs is 1. The smallest absolute Gasteiger partial charge is 0.255 e. The number of aryl methyl sites for hydroxylation is 2. The molecule has 0 bridgehead atoms. The summed E-state index contributed by atoms with van der Waals surface area (Å²) in [5, 5.41) is 12.5. The van der Waals surface area contributed by atoms with Crippen LogP contribution in [0.1, 0.15) is 21.5 Å². The average molecular weight is 377 g/mol. The van der Waals surface area contributed by atoms with Crippen molar-refractivity contribution in [3.63, 3.8) is 0 Å². The number of carbonyl (C=O) groups excluding carboxylic acids is 1. The number of halogens is 1. The highest BCUT2D eigenvalue weighted by atomic mass is 35.5. The van der Waals surface area contributed by atoms with Crippen LogP contribution in [0.15, 0.2) is 60.7 Å². The third-order valence-electron chi connectivity index (χ3n) is 4.33. The first kappa shape index (κ1) is 17.2. The van der Waals surface area contributed by atoms with Gasteiger partial charge >= 0.3 is 0 Å². The summed E-state index contributed by atoms with van der Waals surface area (Å²) in [6.07, 6.45) is 0. The molecule has 4 aromatic rings. The fourth-order valence-corrected chi connectivity index (χ4v) is 3.01. The molecule has 4 rings (SSSR count). The van der Waals surface area contributed by atoms with Gasteiger partial charge in [-0.3, -0.25) is 4.79 Å². The second-order valence-electron chi connectivity index (χ2n) is 6.45. The highest BCUT2D eigenvalue weighted by molar-refractivity contribution is 6.31. The van der Waals surface area contributed by atoms with E-state index in [0.29, 0.717) is 21.8 Å². The van der Waals surface area contributed by atoms with Crippen LogP contribution in [0.4, 0.5) is 5.69 Å². The van der Waals surface area contributed by atoms with Crippen molar-refractivity contribution in [1.29, 1.82) is 0 Å².